The van der Waals surface area contributed by atoms with Crippen LogP contribution < -0.4 is 0 Å². The van der Waals surface area contributed by atoms with E-state index in [9.17, 15) is 9.59 Å². The third kappa shape index (κ3) is 3.03. The summed E-state index contributed by atoms with van der Waals surface area (Å²) in [5, 5.41) is 1.96. The van der Waals surface area contributed by atoms with Crippen molar-refractivity contribution < 1.29 is 9.59 Å². The highest BCUT2D eigenvalue weighted by molar-refractivity contribution is 7.12. The predicted octanol–water partition coefficient (Wildman–Crippen LogP) is 2.96. The van der Waals surface area contributed by atoms with Gasteiger partial charge in [-0.1, -0.05) is 6.07 Å². The zero-order valence-electron chi connectivity index (χ0n) is 15.1. The van der Waals surface area contributed by atoms with E-state index in [4.69, 9.17) is 0 Å². The van der Waals surface area contributed by atoms with Crippen molar-refractivity contribution >= 4 is 23.2 Å². The zero-order valence-corrected chi connectivity index (χ0v) is 16.0. The topological polar surface area (TPSA) is 53.5 Å². The molecule has 2 aromatic rings. The fourth-order valence-electron chi connectivity index (χ4n) is 4.03. The summed E-state index contributed by atoms with van der Waals surface area (Å²) in [6, 6.07) is 7.73. The highest BCUT2D eigenvalue weighted by Gasteiger charge is 2.62. The molecule has 4 rings (SSSR count). The second-order valence-electron chi connectivity index (χ2n) is 7.54. The van der Waals surface area contributed by atoms with Gasteiger partial charge in [-0.05, 0) is 48.9 Å². The molecule has 0 aromatic carbocycles. The minimum absolute atomic E-state index is 0.00369. The Kier molecular flexibility index (Phi) is 4.31. The molecule has 0 N–H and O–H groups in total. The first kappa shape index (κ1) is 17.2. The first-order chi connectivity index (χ1) is 12.5. The van der Waals surface area contributed by atoms with E-state index >= 15 is 0 Å². The number of hydrogen-bond donors (Lipinski definition) is 0. The summed E-state index contributed by atoms with van der Waals surface area (Å²) in [6.45, 7) is 3.97. The van der Waals surface area contributed by atoms with Crippen molar-refractivity contribution in [2.45, 2.75) is 26.3 Å². The van der Waals surface area contributed by atoms with Crippen LogP contribution >= 0.6 is 11.3 Å². The van der Waals surface area contributed by atoms with Gasteiger partial charge in [0.1, 0.15) is 0 Å². The van der Waals surface area contributed by atoms with Crippen molar-refractivity contribution in [3.63, 3.8) is 0 Å². The molecule has 6 heteroatoms. The Morgan fingerprint density at radius 2 is 2.23 bits per heavy atom. The average molecular weight is 369 g/mol. The van der Waals surface area contributed by atoms with Gasteiger partial charge in [0, 0.05) is 37.7 Å². The standard InChI is InChI=1S/C20H23N3O2S/c1-14-6-10-26-17(14)19(25)23-9-7-20(13-23)11-16(20)18(24)22(2)12-15-5-3-4-8-21-15/h3-6,8,10,16H,7,9,11-13H2,1-2H3/t16-,20-/m0/s1. The van der Waals surface area contributed by atoms with Gasteiger partial charge < -0.3 is 9.80 Å². The SMILES string of the molecule is Cc1ccsc1C(=O)N1CC[C@]2(C[C@H]2C(=O)N(C)Cc2ccccn2)C1. The van der Waals surface area contributed by atoms with E-state index in [0.29, 0.717) is 13.1 Å². The summed E-state index contributed by atoms with van der Waals surface area (Å²) in [7, 11) is 1.84. The zero-order chi connectivity index (χ0) is 18.3. The Balaban J connectivity index is 1.38. The highest BCUT2D eigenvalue weighted by Crippen LogP contribution is 2.59. The molecular formula is C20H23N3O2S. The van der Waals surface area contributed by atoms with Gasteiger partial charge in [0.2, 0.25) is 5.91 Å². The molecule has 2 fully saturated rings. The van der Waals surface area contributed by atoms with E-state index in [1.165, 1.54) is 11.3 Å². The van der Waals surface area contributed by atoms with E-state index in [1.54, 1.807) is 11.1 Å². The number of nitrogens with zero attached hydrogens (tertiary/aromatic N) is 3. The van der Waals surface area contributed by atoms with Gasteiger partial charge >= 0.3 is 0 Å². The van der Waals surface area contributed by atoms with Crippen LogP contribution in [-0.2, 0) is 11.3 Å². The van der Waals surface area contributed by atoms with Gasteiger partial charge in [-0.2, -0.15) is 0 Å². The van der Waals surface area contributed by atoms with Crippen molar-refractivity contribution in [1.29, 1.82) is 0 Å². The maximum atomic E-state index is 12.8. The molecule has 2 aliphatic rings. The fraction of sp³-hybridized carbons (Fsp3) is 0.450. The smallest absolute Gasteiger partial charge is 0.264 e. The van der Waals surface area contributed by atoms with Crippen LogP contribution in [-0.4, -0.2) is 46.7 Å². The molecule has 3 heterocycles. The van der Waals surface area contributed by atoms with Gasteiger partial charge in [-0.15, -0.1) is 11.3 Å². The van der Waals surface area contributed by atoms with Crippen LogP contribution in [0, 0.1) is 18.3 Å². The molecule has 136 valence electrons. The van der Waals surface area contributed by atoms with E-state index in [2.05, 4.69) is 4.98 Å². The molecule has 0 unspecified atom stereocenters. The lowest BCUT2D eigenvalue weighted by atomic mass is 10.0. The number of aromatic nitrogens is 1. The number of hydrogen-bond acceptors (Lipinski definition) is 4. The van der Waals surface area contributed by atoms with E-state index in [1.807, 2.05) is 48.5 Å². The fourth-order valence-corrected chi connectivity index (χ4v) is 4.92. The predicted molar refractivity (Wildman–Crippen MR) is 101 cm³/mol. The molecule has 1 saturated carbocycles. The summed E-state index contributed by atoms with van der Waals surface area (Å²) in [6.07, 6.45) is 3.57. The van der Waals surface area contributed by atoms with E-state index in [-0.39, 0.29) is 23.1 Å². The van der Waals surface area contributed by atoms with Crippen LogP contribution in [0.1, 0.15) is 33.8 Å². The number of rotatable bonds is 4. The van der Waals surface area contributed by atoms with Crippen molar-refractivity contribution in [3.05, 3.63) is 52.0 Å². The van der Waals surface area contributed by atoms with Crippen LogP contribution in [0.4, 0.5) is 0 Å². The molecule has 0 radical (unpaired) electrons. The van der Waals surface area contributed by atoms with Crippen LogP contribution in [0.3, 0.4) is 0 Å². The summed E-state index contributed by atoms with van der Waals surface area (Å²) in [5.41, 5.74) is 1.94. The van der Waals surface area contributed by atoms with Crippen molar-refractivity contribution in [3.8, 4) is 0 Å². The van der Waals surface area contributed by atoms with Gasteiger partial charge in [0.15, 0.2) is 0 Å². The number of aryl methyl sites for hydroxylation is 1. The molecular weight excluding hydrogens is 346 g/mol. The largest absolute Gasteiger partial charge is 0.340 e. The lowest BCUT2D eigenvalue weighted by molar-refractivity contribution is -0.132. The first-order valence-electron chi connectivity index (χ1n) is 8.98. The monoisotopic (exact) mass is 369 g/mol. The number of carbonyl (C=O) groups excluding carboxylic acids is 2. The van der Waals surface area contributed by atoms with Crippen molar-refractivity contribution in [2.24, 2.45) is 11.3 Å². The van der Waals surface area contributed by atoms with E-state index in [0.717, 1.165) is 35.5 Å². The maximum Gasteiger partial charge on any atom is 0.264 e. The summed E-state index contributed by atoms with van der Waals surface area (Å²) in [4.78, 5) is 34.4. The molecule has 2 aromatic heterocycles. The van der Waals surface area contributed by atoms with Crippen LogP contribution in [0.15, 0.2) is 35.8 Å². The molecule has 0 bridgehead atoms. The Morgan fingerprint density at radius 3 is 2.92 bits per heavy atom. The molecule has 1 spiro atoms. The number of thiophene rings is 1. The van der Waals surface area contributed by atoms with Gasteiger partial charge in [0.05, 0.1) is 17.1 Å². The molecule has 2 atom stereocenters. The third-order valence-electron chi connectivity index (χ3n) is 5.72. The molecule has 1 aliphatic heterocycles. The van der Waals surface area contributed by atoms with E-state index < -0.39 is 0 Å². The number of pyridine rings is 1. The van der Waals surface area contributed by atoms with Crippen LogP contribution in [0.2, 0.25) is 0 Å². The third-order valence-corrected chi connectivity index (χ3v) is 6.72. The molecule has 1 saturated heterocycles. The number of carbonyl (C=O) groups is 2. The highest BCUT2D eigenvalue weighted by atomic mass is 32.1. The van der Waals surface area contributed by atoms with Crippen LogP contribution in [0.25, 0.3) is 0 Å². The average Bonchev–Trinajstić information content (AvgIpc) is 2.94. The van der Waals surface area contributed by atoms with Gasteiger partial charge in [-0.25, -0.2) is 0 Å². The Morgan fingerprint density at radius 1 is 1.38 bits per heavy atom. The lowest BCUT2D eigenvalue weighted by Gasteiger charge is -2.19. The Hall–Kier alpha value is -2.21. The van der Waals surface area contributed by atoms with Crippen molar-refractivity contribution in [1.82, 2.24) is 14.8 Å². The molecule has 5 nitrogen and oxygen atoms in total. The Bertz CT molecular complexity index is 835. The van der Waals surface area contributed by atoms with Crippen LogP contribution in [0.5, 0.6) is 0 Å². The Labute approximate surface area is 157 Å². The summed E-state index contributed by atoms with van der Waals surface area (Å²) < 4.78 is 0. The lowest BCUT2D eigenvalue weighted by Crippen LogP contribution is -2.32. The second-order valence-corrected chi connectivity index (χ2v) is 8.46. The minimum Gasteiger partial charge on any atom is -0.340 e. The summed E-state index contributed by atoms with van der Waals surface area (Å²) in [5.74, 6) is 0.338. The second kappa shape index (κ2) is 6.50. The summed E-state index contributed by atoms with van der Waals surface area (Å²) >= 11 is 1.50. The number of amides is 2. The molecule has 2 amide bonds. The normalized spacial score (nSPS) is 24.1. The maximum absolute atomic E-state index is 12.8. The van der Waals surface area contributed by atoms with Crippen molar-refractivity contribution in [2.75, 3.05) is 20.1 Å². The first-order valence-corrected chi connectivity index (χ1v) is 9.86. The molecule has 26 heavy (non-hydrogen) atoms. The number of likely N-dealkylation sites (tertiary alicyclic amines) is 1. The van der Waals surface area contributed by atoms with Gasteiger partial charge in [-0.3, -0.25) is 14.6 Å². The molecule has 1 aliphatic carbocycles. The minimum atomic E-state index is -0.00369. The van der Waals surface area contributed by atoms with Gasteiger partial charge in [0.25, 0.3) is 5.91 Å². The quantitative estimate of drug-likeness (QED) is 0.833.